The second-order valence-electron chi connectivity index (χ2n) is 7.53. The molecular weight excluding hydrogens is 291 g/mol. The van der Waals surface area contributed by atoms with Crippen molar-refractivity contribution in [3.63, 3.8) is 0 Å². The van der Waals surface area contributed by atoms with Crippen LogP contribution in [-0.2, 0) is 11.2 Å². The predicted octanol–water partition coefficient (Wildman–Crippen LogP) is 2.75. The lowest BCUT2D eigenvalue weighted by Gasteiger charge is -2.28. The van der Waals surface area contributed by atoms with Crippen LogP contribution in [0, 0.1) is 17.2 Å². The third kappa shape index (κ3) is 2.89. The number of hydrogen-bond donors (Lipinski definition) is 1. The Hall–Kier alpha value is -1.42. The van der Waals surface area contributed by atoms with Crippen LogP contribution < -0.4 is 5.32 Å². The van der Waals surface area contributed by atoms with Crippen LogP contribution in [0.5, 0.6) is 0 Å². The van der Waals surface area contributed by atoms with E-state index in [1.54, 1.807) is 0 Å². The van der Waals surface area contributed by atoms with E-state index >= 15 is 0 Å². The molecule has 2 aliphatic heterocycles. The maximum atomic E-state index is 13.1. The number of carbonyl (C=O) groups is 1. The average molecular weight is 316 g/mol. The lowest BCUT2D eigenvalue weighted by Crippen LogP contribution is -2.40. The van der Waals surface area contributed by atoms with Crippen molar-refractivity contribution in [1.82, 2.24) is 10.2 Å². The number of nitrogens with zero attached hydrogens (tertiary/aromatic N) is 1. The minimum absolute atomic E-state index is 0.195. The van der Waals surface area contributed by atoms with Crippen LogP contribution in [0.25, 0.3) is 0 Å². The van der Waals surface area contributed by atoms with Gasteiger partial charge in [0.05, 0.1) is 0 Å². The standard InChI is InChI=1S/C19H25FN2O/c20-15-5-3-14(4-6-15)12-16-2-1-11-22(16)18(23)17-13-19(17)7-9-21-10-8-19/h3-6,16-17,21H,1-2,7-13H2. The third-order valence-electron chi connectivity index (χ3n) is 6.13. The molecule has 1 saturated carbocycles. The molecule has 1 spiro atoms. The number of carbonyl (C=O) groups excluding carboxylic acids is 1. The monoisotopic (exact) mass is 316 g/mol. The van der Waals surface area contributed by atoms with E-state index in [-0.39, 0.29) is 11.7 Å². The van der Waals surface area contributed by atoms with Crippen molar-refractivity contribution in [3.05, 3.63) is 35.6 Å². The molecule has 1 amide bonds. The lowest BCUT2D eigenvalue weighted by atomic mass is 9.91. The molecule has 2 atom stereocenters. The Bertz CT molecular complexity index is 580. The lowest BCUT2D eigenvalue weighted by molar-refractivity contribution is -0.134. The largest absolute Gasteiger partial charge is 0.339 e. The summed E-state index contributed by atoms with van der Waals surface area (Å²) in [5.74, 6) is 0.453. The van der Waals surface area contributed by atoms with E-state index < -0.39 is 0 Å². The number of nitrogens with one attached hydrogen (secondary N) is 1. The van der Waals surface area contributed by atoms with Crippen molar-refractivity contribution in [1.29, 1.82) is 0 Å². The summed E-state index contributed by atoms with van der Waals surface area (Å²) in [5.41, 5.74) is 1.44. The molecule has 3 aliphatic rings. The summed E-state index contributed by atoms with van der Waals surface area (Å²) in [6, 6.07) is 7.03. The quantitative estimate of drug-likeness (QED) is 0.930. The number of piperidine rings is 1. The molecule has 2 saturated heterocycles. The zero-order valence-corrected chi connectivity index (χ0v) is 13.6. The smallest absolute Gasteiger partial charge is 0.226 e. The van der Waals surface area contributed by atoms with E-state index in [1.165, 1.54) is 12.1 Å². The highest BCUT2D eigenvalue weighted by molar-refractivity contribution is 5.83. The average Bonchev–Trinajstić information content (AvgIpc) is 3.04. The normalized spacial score (nSPS) is 29.0. The minimum Gasteiger partial charge on any atom is -0.339 e. The van der Waals surface area contributed by atoms with Gasteiger partial charge in [-0.05, 0) is 74.7 Å². The fourth-order valence-corrected chi connectivity index (χ4v) is 4.60. The van der Waals surface area contributed by atoms with Crippen molar-refractivity contribution in [2.24, 2.45) is 11.3 Å². The van der Waals surface area contributed by atoms with Crippen LogP contribution in [0.4, 0.5) is 4.39 Å². The molecule has 4 rings (SSSR count). The zero-order chi connectivity index (χ0) is 15.9. The summed E-state index contributed by atoms with van der Waals surface area (Å²) in [6.07, 6.45) is 6.42. The van der Waals surface area contributed by atoms with Crippen molar-refractivity contribution >= 4 is 5.91 Å². The van der Waals surface area contributed by atoms with E-state index in [9.17, 15) is 9.18 Å². The molecule has 1 N–H and O–H groups in total. The van der Waals surface area contributed by atoms with Gasteiger partial charge in [-0.3, -0.25) is 4.79 Å². The molecule has 1 aliphatic carbocycles. The second-order valence-corrected chi connectivity index (χ2v) is 7.53. The first-order valence-electron chi connectivity index (χ1n) is 8.94. The van der Waals surface area contributed by atoms with Crippen LogP contribution in [0.3, 0.4) is 0 Å². The Labute approximate surface area is 137 Å². The fourth-order valence-electron chi connectivity index (χ4n) is 4.60. The van der Waals surface area contributed by atoms with Crippen molar-refractivity contribution in [2.75, 3.05) is 19.6 Å². The van der Waals surface area contributed by atoms with Crippen LogP contribution >= 0.6 is 0 Å². The molecule has 0 bridgehead atoms. The topological polar surface area (TPSA) is 32.3 Å². The maximum Gasteiger partial charge on any atom is 0.226 e. The fraction of sp³-hybridized carbons (Fsp3) is 0.632. The molecule has 3 fully saturated rings. The van der Waals surface area contributed by atoms with E-state index in [2.05, 4.69) is 10.2 Å². The number of hydrogen-bond acceptors (Lipinski definition) is 2. The number of likely N-dealkylation sites (tertiary alicyclic amines) is 1. The third-order valence-corrected chi connectivity index (χ3v) is 6.13. The highest BCUT2D eigenvalue weighted by Gasteiger charge is 2.59. The minimum atomic E-state index is -0.195. The highest BCUT2D eigenvalue weighted by Crippen LogP contribution is 2.59. The second kappa shape index (κ2) is 5.90. The van der Waals surface area contributed by atoms with Crippen LogP contribution in [0.15, 0.2) is 24.3 Å². The van der Waals surface area contributed by atoms with Gasteiger partial charge in [0.25, 0.3) is 0 Å². The zero-order valence-electron chi connectivity index (χ0n) is 13.6. The van der Waals surface area contributed by atoms with Crippen molar-refractivity contribution in [2.45, 2.75) is 44.6 Å². The van der Waals surface area contributed by atoms with Gasteiger partial charge in [-0.15, -0.1) is 0 Å². The highest BCUT2D eigenvalue weighted by atomic mass is 19.1. The summed E-state index contributed by atoms with van der Waals surface area (Å²) in [4.78, 5) is 15.1. The molecule has 1 aromatic carbocycles. The van der Waals surface area contributed by atoms with Gasteiger partial charge in [0, 0.05) is 18.5 Å². The van der Waals surface area contributed by atoms with Gasteiger partial charge in [0.2, 0.25) is 5.91 Å². The molecule has 2 heterocycles. The Morgan fingerprint density at radius 1 is 1.26 bits per heavy atom. The summed E-state index contributed by atoms with van der Waals surface area (Å²) >= 11 is 0. The van der Waals surface area contributed by atoms with Crippen molar-refractivity contribution < 1.29 is 9.18 Å². The Kier molecular flexibility index (Phi) is 3.88. The Morgan fingerprint density at radius 2 is 2.00 bits per heavy atom. The first kappa shape index (κ1) is 15.1. The van der Waals surface area contributed by atoms with Gasteiger partial charge in [0.1, 0.15) is 5.82 Å². The molecule has 124 valence electrons. The molecule has 23 heavy (non-hydrogen) atoms. The predicted molar refractivity (Wildman–Crippen MR) is 87.5 cm³/mol. The first-order chi connectivity index (χ1) is 11.2. The summed E-state index contributed by atoms with van der Waals surface area (Å²) in [5, 5.41) is 3.40. The maximum absolute atomic E-state index is 13.1. The number of halogens is 1. The number of benzene rings is 1. The molecule has 1 aromatic rings. The van der Waals surface area contributed by atoms with Crippen LogP contribution in [-0.4, -0.2) is 36.5 Å². The first-order valence-corrected chi connectivity index (χ1v) is 8.94. The van der Waals surface area contributed by atoms with Gasteiger partial charge in [0.15, 0.2) is 0 Å². The molecule has 0 radical (unpaired) electrons. The Morgan fingerprint density at radius 3 is 2.74 bits per heavy atom. The van der Waals surface area contributed by atoms with E-state index in [4.69, 9.17) is 0 Å². The SMILES string of the molecule is O=C(C1CC12CCNCC2)N1CCCC1Cc1ccc(F)cc1. The Balaban J connectivity index is 1.41. The summed E-state index contributed by atoms with van der Waals surface area (Å²) < 4.78 is 13.1. The van der Waals surface area contributed by atoms with Crippen LogP contribution in [0.1, 0.15) is 37.7 Å². The van der Waals surface area contributed by atoms with Gasteiger partial charge >= 0.3 is 0 Å². The van der Waals surface area contributed by atoms with Crippen LogP contribution in [0.2, 0.25) is 0 Å². The van der Waals surface area contributed by atoms with Gasteiger partial charge in [-0.25, -0.2) is 4.39 Å². The number of rotatable bonds is 3. The van der Waals surface area contributed by atoms with E-state index in [0.717, 1.165) is 63.7 Å². The molecular formula is C19H25FN2O. The van der Waals surface area contributed by atoms with Gasteiger partial charge in [-0.1, -0.05) is 12.1 Å². The number of amides is 1. The molecule has 4 heteroatoms. The summed E-state index contributed by atoms with van der Waals surface area (Å²) in [6.45, 7) is 3.01. The van der Waals surface area contributed by atoms with E-state index in [0.29, 0.717) is 17.4 Å². The van der Waals surface area contributed by atoms with Gasteiger partial charge in [-0.2, -0.15) is 0 Å². The molecule has 0 aromatic heterocycles. The molecule has 2 unspecified atom stereocenters. The molecule has 3 nitrogen and oxygen atoms in total. The van der Waals surface area contributed by atoms with Crippen molar-refractivity contribution in [3.8, 4) is 0 Å². The van der Waals surface area contributed by atoms with E-state index in [1.807, 2.05) is 12.1 Å². The van der Waals surface area contributed by atoms with Gasteiger partial charge < -0.3 is 10.2 Å². The summed E-state index contributed by atoms with van der Waals surface area (Å²) in [7, 11) is 0.